The number of anilines is 1. The van der Waals surface area contributed by atoms with Gasteiger partial charge in [0.25, 0.3) is 0 Å². The van der Waals surface area contributed by atoms with Crippen molar-refractivity contribution in [1.82, 2.24) is 4.98 Å². The number of rotatable bonds is 2. The molecule has 0 aliphatic rings. The van der Waals surface area contributed by atoms with Crippen LogP contribution in [0.1, 0.15) is 15.9 Å². The van der Waals surface area contributed by atoms with Gasteiger partial charge >= 0.3 is 0 Å². The highest BCUT2D eigenvalue weighted by Gasteiger charge is 2.17. The molecule has 0 saturated heterocycles. The summed E-state index contributed by atoms with van der Waals surface area (Å²) in [4.78, 5) is 15.8. The summed E-state index contributed by atoms with van der Waals surface area (Å²) in [6.07, 6.45) is 1.46. The van der Waals surface area contributed by atoms with Crippen molar-refractivity contribution in [1.29, 1.82) is 0 Å². The van der Waals surface area contributed by atoms with E-state index in [9.17, 15) is 9.18 Å². The Morgan fingerprint density at radius 2 is 2.06 bits per heavy atom. The van der Waals surface area contributed by atoms with E-state index >= 15 is 0 Å². The molecular weight excluding hydrogens is 243 g/mol. The van der Waals surface area contributed by atoms with Gasteiger partial charge in [-0.25, -0.2) is 9.37 Å². The Hall–Kier alpha value is -1.94. The van der Waals surface area contributed by atoms with E-state index < -0.39 is 11.6 Å². The van der Waals surface area contributed by atoms with E-state index in [0.717, 1.165) is 6.07 Å². The van der Waals surface area contributed by atoms with Gasteiger partial charge in [-0.2, -0.15) is 0 Å². The summed E-state index contributed by atoms with van der Waals surface area (Å²) in [5.74, 6) is -1.10. The van der Waals surface area contributed by atoms with E-state index in [0.29, 0.717) is 0 Å². The van der Waals surface area contributed by atoms with Gasteiger partial charge in [0.2, 0.25) is 0 Å². The fraction of sp³-hybridized carbons (Fsp3) is 0. The van der Waals surface area contributed by atoms with E-state index in [4.69, 9.17) is 17.3 Å². The van der Waals surface area contributed by atoms with E-state index in [1.54, 1.807) is 6.07 Å². The fourth-order valence-electron chi connectivity index (χ4n) is 1.43. The first-order valence-electron chi connectivity index (χ1n) is 4.80. The molecule has 86 valence electrons. The van der Waals surface area contributed by atoms with Gasteiger partial charge in [0, 0.05) is 11.2 Å². The number of hydrogen-bond donors (Lipinski definition) is 1. The molecule has 0 atom stereocenters. The molecule has 1 aromatic carbocycles. The predicted octanol–water partition coefficient (Wildman–Crippen LogP) is 2.69. The molecule has 5 heteroatoms. The van der Waals surface area contributed by atoms with Crippen LogP contribution in [0.15, 0.2) is 36.5 Å². The first kappa shape index (κ1) is 11.5. The molecule has 17 heavy (non-hydrogen) atoms. The second kappa shape index (κ2) is 4.51. The molecule has 1 aromatic heterocycles. The molecule has 0 radical (unpaired) electrons. The first-order chi connectivity index (χ1) is 8.09. The van der Waals surface area contributed by atoms with Gasteiger partial charge in [0.05, 0.1) is 11.1 Å². The SMILES string of the molecule is Nc1ncccc1C(=O)c1cc(Cl)ccc1F. The molecule has 3 nitrogen and oxygen atoms in total. The Bertz CT molecular complexity index is 586. The molecule has 0 saturated carbocycles. The van der Waals surface area contributed by atoms with E-state index in [1.165, 1.54) is 24.4 Å². The highest BCUT2D eigenvalue weighted by molar-refractivity contribution is 6.31. The van der Waals surface area contributed by atoms with Crippen LogP contribution in [0.5, 0.6) is 0 Å². The standard InChI is InChI=1S/C12H8ClFN2O/c13-7-3-4-10(14)9(6-7)11(17)8-2-1-5-16-12(8)15/h1-6H,(H2,15,16). The molecule has 2 N–H and O–H groups in total. The van der Waals surface area contributed by atoms with Crippen molar-refractivity contribution in [2.45, 2.75) is 0 Å². The highest BCUT2D eigenvalue weighted by Crippen LogP contribution is 2.20. The molecule has 0 bridgehead atoms. The number of nitrogens with two attached hydrogens (primary N) is 1. The predicted molar refractivity (Wildman–Crippen MR) is 63.5 cm³/mol. The average molecular weight is 251 g/mol. The third-order valence-electron chi connectivity index (χ3n) is 2.26. The van der Waals surface area contributed by atoms with Crippen molar-refractivity contribution in [3.05, 3.63) is 58.5 Å². The van der Waals surface area contributed by atoms with Crippen LogP contribution < -0.4 is 5.73 Å². The topological polar surface area (TPSA) is 56.0 Å². The largest absolute Gasteiger partial charge is 0.383 e. The Morgan fingerprint density at radius 3 is 2.76 bits per heavy atom. The number of nitrogens with zero attached hydrogens (tertiary/aromatic N) is 1. The monoisotopic (exact) mass is 250 g/mol. The van der Waals surface area contributed by atoms with Crippen molar-refractivity contribution in [3.63, 3.8) is 0 Å². The number of carbonyl (C=O) groups is 1. The summed E-state index contributed by atoms with van der Waals surface area (Å²) in [5.41, 5.74) is 5.61. The van der Waals surface area contributed by atoms with Gasteiger partial charge in [-0.1, -0.05) is 11.6 Å². The minimum atomic E-state index is -0.636. The number of halogens is 2. The maximum Gasteiger partial charge on any atom is 0.199 e. The Morgan fingerprint density at radius 1 is 1.29 bits per heavy atom. The molecule has 0 unspecified atom stereocenters. The zero-order valence-electron chi connectivity index (χ0n) is 8.65. The smallest absolute Gasteiger partial charge is 0.199 e. The average Bonchev–Trinajstić information content (AvgIpc) is 2.32. The van der Waals surface area contributed by atoms with E-state index in [1.807, 2.05) is 0 Å². The lowest BCUT2D eigenvalue weighted by Gasteiger charge is -2.05. The molecule has 0 amide bonds. The van der Waals surface area contributed by atoms with Crippen molar-refractivity contribution < 1.29 is 9.18 Å². The lowest BCUT2D eigenvalue weighted by atomic mass is 10.0. The van der Waals surface area contributed by atoms with Crippen molar-refractivity contribution in [2.24, 2.45) is 0 Å². The summed E-state index contributed by atoms with van der Waals surface area (Å²) < 4.78 is 13.5. The third kappa shape index (κ3) is 2.26. The molecule has 1 heterocycles. The summed E-state index contributed by atoms with van der Waals surface area (Å²) in [5, 5.41) is 0.289. The van der Waals surface area contributed by atoms with E-state index in [-0.39, 0.29) is 22.0 Å². The lowest BCUT2D eigenvalue weighted by Crippen LogP contribution is -2.08. The van der Waals surface area contributed by atoms with Crippen LogP contribution >= 0.6 is 11.6 Å². The number of aromatic nitrogens is 1. The quantitative estimate of drug-likeness (QED) is 0.834. The second-order valence-corrected chi connectivity index (χ2v) is 3.83. The Labute approximate surface area is 102 Å². The molecular formula is C12H8ClFN2O. The summed E-state index contributed by atoms with van der Waals surface area (Å²) in [6.45, 7) is 0. The van der Waals surface area contributed by atoms with Crippen molar-refractivity contribution in [2.75, 3.05) is 5.73 Å². The van der Waals surface area contributed by atoms with Crippen LogP contribution in [0.4, 0.5) is 10.2 Å². The summed E-state index contributed by atoms with van der Waals surface area (Å²) in [7, 11) is 0. The lowest BCUT2D eigenvalue weighted by molar-refractivity contribution is 0.103. The van der Waals surface area contributed by atoms with Gasteiger partial charge in [0.15, 0.2) is 5.78 Å². The number of pyridine rings is 1. The molecule has 2 rings (SSSR count). The van der Waals surface area contributed by atoms with Gasteiger partial charge in [0.1, 0.15) is 11.6 Å². The normalized spacial score (nSPS) is 10.2. The number of nitrogen functional groups attached to an aromatic ring is 1. The third-order valence-corrected chi connectivity index (χ3v) is 2.49. The second-order valence-electron chi connectivity index (χ2n) is 3.39. The highest BCUT2D eigenvalue weighted by atomic mass is 35.5. The molecule has 0 spiro atoms. The van der Waals surface area contributed by atoms with Crippen molar-refractivity contribution in [3.8, 4) is 0 Å². The number of ketones is 1. The molecule has 0 fully saturated rings. The van der Waals surface area contributed by atoms with Crippen LogP contribution in [-0.2, 0) is 0 Å². The minimum absolute atomic E-state index is 0.0666. The Balaban J connectivity index is 2.51. The van der Waals surface area contributed by atoms with Crippen LogP contribution in [0.2, 0.25) is 5.02 Å². The van der Waals surface area contributed by atoms with Gasteiger partial charge in [-0.15, -0.1) is 0 Å². The van der Waals surface area contributed by atoms with Crippen LogP contribution in [0.3, 0.4) is 0 Å². The Kier molecular flexibility index (Phi) is 3.06. The van der Waals surface area contributed by atoms with Crippen LogP contribution in [-0.4, -0.2) is 10.8 Å². The zero-order chi connectivity index (χ0) is 12.4. The molecule has 0 aliphatic carbocycles. The number of carbonyl (C=O) groups excluding carboxylic acids is 1. The maximum absolute atomic E-state index is 13.5. The van der Waals surface area contributed by atoms with Gasteiger partial charge in [-0.05, 0) is 30.3 Å². The summed E-state index contributed by atoms with van der Waals surface area (Å²) in [6, 6.07) is 6.84. The first-order valence-corrected chi connectivity index (χ1v) is 5.17. The van der Waals surface area contributed by atoms with Gasteiger partial charge < -0.3 is 5.73 Å². The fourth-order valence-corrected chi connectivity index (χ4v) is 1.60. The molecule has 0 aliphatic heterocycles. The van der Waals surface area contributed by atoms with Crippen LogP contribution in [0.25, 0.3) is 0 Å². The minimum Gasteiger partial charge on any atom is -0.383 e. The maximum atomic E-state index is 13.5. The number of benzene rings is 1. The van der Waals surface area contributed by atoms with Gasteiger partial charge in [-0.3, -0.25) is 4.79 Å². The van der Waals surface area contributed by atoms with Crippen molar-refractivity contribution >= 4 is 23.2 Å². The summed E-state index contributed by atoms with van der Waals surface area (Å²) >= 11 is 5.72. The zero-order valence-corrected chi connectivity index (χ0v) is 9.41. The van der Waals surface area contributed by atoms with E-state index in [2.05, 4.69) is 4.98 Å². The van der Waals surface area contributed by atoms with Crippen LogP contribution in [0, 0.1) is 5.82 Å². The molecule has 2 aromatic rings. The number of hydrogen-bond acceptors (Lipinski definition) is 3.